The Morgan fingerprint density at radius 3 is 2.19 bits per heavy atom. The van der Waals surface area contributed by atoms with E-state index in [2.05, 4.69) is 12.2 Å². The average Bonchev–Trinajstić information content (AvgIpc) is 2.65. The van der Waals surface area contributed by atoms with Gasteiger partial charge in [0.2, 0.25) is 5.91 Å². The van der Waals surface area contributed by atoms with E-state index in [1.807, 2.05) is 12.1 Å². The highest BCUT2D eigenvalue weighted by molar-refractivity contribution is 6.00. The third kappa shape index (κ3) is 6.05. The highest BCUT2D eigenvalue weighted by atomic mass is 16.5. The molecule has 0 fully saturated rings. The van der Waals surface area contributed by atoms with Crippen LogP contribution in [0.2, 0.25) is 0 Å². The van der Waals surface area contributed by atoms with Crippen molar-refractivity contribution in [3.05, 3.63) is 59.7 Å². The minimum Gasteiger partial charge on any atom is -0.484 e. The normalized spacial score (nSPS) is 10.2. The third-order valence-electron chi connectivity index (χ3n) is 3.78. The summed E-state index contributed by atoms with van der Waals surface area (Å²) in [5, 5.41) is 2.72. The van der Waals surface area contributed by atoms with Crippen LogP contribution in [0.5, 0.6) is 5.75 Å². The van der Waals surface area contributed by atoms with Crippen molar-refractivity contribution in [3.8, 4) is 5.75 Å². The number of carbonyl (C=O) groups is 3. The van der Waals surface area contributed by atoms with Crippen LogP contribution >= 0.6 is 0 Å². The van der Waals surface area contributed by atoms with E-state index in [1.54, 1.807) is 36.4 Å². The Hall–Kier alpha value is -3.15. The van der Waals surface area contributed by atoms with E-state index >= 15 is 0 Å². The molecule has 2 amide bonds. The lowest BCUT2D eigenvalue weighted by Gasteiger charge is -2.07. The van der Waals surface area contributed by atoms with Crippen LogP contribution in [0.4, 0.5) is 5.69 Å². The van der Waals surface area contributed by atoms with Crippen molar-refractivity contribution in [1.29, 1.82) is 0 Å². The van der Waals surface area contributed by atoms with Gasteiger partial charge in [0.15, 0.2) is 12.4 Å². The van der Waals surface area contributed by atoms with Gasteiger partial charge in [-0.3, -0.25) is 14.4 Å². The molecule has 2 aromatic carbocycles. The van der Waals surface area contributed by atoms with E-state index in [0.29, 0.717) is 17.0 Å². The summed E-state index contributed by atoms with van der Waals surface area (Å²) >= 11 is 0. The molecule has 0 saturated carbocycles. The van der Waals surface area contributed by atoms with Crippen LogP contribution in [0.3, 0.4) is 0 Å². The van der Waals surface area contributed by atoms with Gasteiger partial charge in [0.25, 0.3) is 5.91 Å². The molecular formula is C20H22N2O4. The summed E-state index contributed by atoms with van der Waals surface area (Å²) in [5.74, 6) is -0.379. The highest BCUT2D eigenvalue weighted by Gasteiger charge is 2.10. The molecular weight excluding hydrogens is 332 g/mol. The van der Waals surface area contributed by atoms with Crippen LogP contribution in [0, 0.1) is 0 Å². The fourth-order valence-corrected chi connectivity index (χ4v) is 2.31. The first-order valence-corrected chi connectivity index (χ1v) is 8.41. The molecule has 0 radical (unpaired) electrons. The number of benzene rings is 2. The lowest BCUT2D eigenvalue weighted by molar-refractivity contribution is -0.120. The first-order chi connectivity index (χ1) is 12.5. The molecule has 3 N–H and O–H groups in total. The Labute approximate surface area is 152 Å². The number of rotatable bonds is 9. The van der Waals surface area contributed by atoms with Gasteiger partial charge in [-0.25, -0.2) is 0 Å². The van der Waals surface area contributed by atoms with E-state index in [0.717, 1.165) is 6.42 Å². The minimum absolute atomic E-state index is 0.0574. The van der Waals surface area contributed by atoms with Gasteiger partial charge in [-0.1, -0.05) is 31.2 Å². The van der Waals surface area contributed by atoms with Gasteiger partial charge in [0, 0.05) is 24.1 Å². The Morgan fingerprint density at radius 2 is 1.62 bits per heavy atom. The summed E-state index contributed by atoms with van der Waals surface area (Å²) < 4.78 is 5.14. The van der Waals surface area contributed by atoms with E-state index in [-0.39, 0.29) is 31.1 Å². The van der Waals surface area contributed by atoms with Crippen LogP contribution in [0.25, 0.3) is 0 Å². The van der Waals surface area contributed by atoms with Gasteiger partial charge in [0.1, 0.15) is 5.75 Å². The number of nitrogens with two attached hydrogens (primary N) is 1. The zero-order valence-corrected chi connectivity index (χ0v) is 14.7. The number of ether oxygens (including phenoxy) is 1. The molecule has 0 atom stereocenters. The maximum atomic E-state index is 12.1. The standard InChI is InChI=1S/C20H22N2O4/c1-2-14-3-5-15(6-4-14)18(23)11-12-20(25)22-16-7-9-17(10-8-16)26-13-19(21)24/h3-10H,2,11-13H2,1H3,(H2,21,24)(H,22,25). The van der Waals surface area contributed by atoms with Crippen molar-refractivity contribution in [2.75, 3.05) is 11.9 Å². The molecule has 2 rings (SSSR count). The predicted octanol–water partition coefficient (Wildman–Crippen LogP) is 2.71. The molecule has 0 aliphatic heterocycles. The quantitative estimate of drug-likeness (QED) is 0.676. The molecule has 0 saturated heterocycles. The molecule has 26 heavy (non-hydrogen) atoms. The predicted molar refractivity (Wildman–Crippen MR) is 99.1 cm³/mol. The molecule has 0 spiro atoms. The van der Waals surface area contributed by atoms with Crippen LogP contribution in [0.15, 0.2) is 48.5 Å². The van der Waals surface area contributed by atoms with Crippen LogP contribution in [-0.2, 0) is 16.0 Å². The van der Waals surface area contributed by atoms with E-state index in [9.17, 15) is 14.4 Å². The van der Waals surface area contributed by atoms with Crippen LogP contribution in [0.1, 0.15) is 35.7 Å². The smallest absolute Gasteiger partial charge is 0.255 e. The maximum absolute atomic E-state index is 12.1. The maximum Gasteiger partial charge on any atom is 0.255 e. The molecule has 6 heteroatoms. The molecule has 136 valence electrons. The van der Waals surface area contributed by atoms with Gasteiger partial charge in [-0.15, -0.1) is 0 Å². The number of anilines is 1. The minimum atomic E-state index is -0.559. The van der Waals surface area contributed by atoms with E-state index < -0.39 is 5.91 Å². The number of hydrogen-bond acceptors (Lipinski definition) is 4. The monoisotopic (exact) mass is 354 g/mol. The summed E-state index contributed by atoms with van der Waals surface area (Å²) in [7, 11) is 0. The Kier molecular flexibility index (Phi) is 6.91. The Bertz CT molecular complexity index is 767. The van der Waals surface area contributed by atoms with Crippen molar-refractivity contribution in [1.82, 2.24) is 0 Å². The van der Waals surface area contributed by atoms with Gasteiger partial charge >= 0.3 is 0 Å². The zero-order chi connectivity index (χ0) is 18.9. The van der Waals surface area contributed by atoms with Gasteiger partial charge in [-0.05, 0) is 36.2 Å². The number of hydrogen-bond donors (Lipinski definition) is 2. The number of Topliss-reactive ketones (excluding diaryl/α,β-unsaturated/α-hetero) is 1. The SMILES string of the molecule is CCc1ccc(C(=O)CCC(=O)Nc2ccc(OCC(N)=O)cc2)cc1. The highest BCUT2D eigenvalue weighted by Crippen LogP contribution is 2.16. The number of ketones is 1. The third-order valence-corrected chi connectivity index (χ3v) is 3.78. The largest absolute Gasteiger partial charge is 0.484 e. The van der Waals surface area contributed by atoms with Crippen molar-refractivity contribution in [2.45, 2.75) is 26.2 Å². The molecule has 0 aliphatic rings. The van der Waals surface area contributed by atoms with Crippen molar-refractivity contribution >= 4 is 23.3 Å². The number of nitrogens with one attached hydrogen (secondary N) is 1. The van der Waals surface area contributed by atoms with Crippen LogP contribution in [-0.4, -0.2) is 24.2 Å². The first-order valence-electron chi connectivity index (χ1n) is 8.41. The summed E-state index contributed by atoms with van der Waals surface area (Å²) in [6, 6.07) is 14.0. The first kappa shape index (κ1) is 19.2. The molecule has 2 aromatic rings. The number of carbonyl (C=O) groups excluding carboxylic acids is 3. The molecule has 0 bridgehead atoms. The Balaban J connectivity index is 1.80. The molecule has 0 unspecified atom stereocenters. The van der Waals surface area contributed by atoms with Crippen molar-refractivity contribution in [2.24, 2.45) is 5.73 Å². The summed E-state index contributed by atoms with van der Waals surface area (Å²) in [4.78, 5) is 34.8. The summed E-state index contributed by atoms with van der Waals surface area (Å²) in [5.41, 5.74) is 7.37. The number of primary amides is 1. The Morgan fingerprint density at radius 1 is 0.962 bits per heavy atom. The lowest BCUT2D eigenvalue weighted by Crippen LogP contribution is -2.20. The van der Waals surface area contributed by atoms with Gasteiger partial charge in [-0.2, -0.15) is 0 Å². The van der Waals surface area contributed by atoms with Crippen molar-refractivity contribution in [3.63, 3.8) is 0 Å². The zero-order valence-electron chi connectivity index (χ0n) is 14.7. The molecule has 0 heterocycles. The molecule has 6 nitrogen and oxygen atoms in total. The topological polar surface area (TPSA) is 98.5 Å². The fraction of sp³-hybridized carbons (Fsp3) is 0.250. The second-order valence-electron chi connectivity index (χ2n) is 5.80. The molecule has 0 aromatic heterocycles. The van der Waals surface area contributed by atoms with Crippen molar-refractivity contribution < 1.29 is 19.1 Å². The molecule has 0 aliphatic carbocycles. The van der Waals surface area contributed by atoms with Crippen LogP contribution < -0.4 is 15.8 Å². The van der Waals surface area contributed by atoms with Gasteiger partial charge < -0.3 is 15.8 Å². The number of amides is 2. The fourth-order valence-electron chi connectivity index (χ4n) is 2.31. The lowest BCUT2D eigenvalue weighted by atomic mass is 10.0. The second kappa shape index (κ2) is 9.36. The summed E-state index contributed by atoms with van der Waals surface area (Å²) in [6.45, 7) is 1.85. The van der Waals surface area contributed by atoms with Gasteiger partial charge in [0.05, 0.1) is 0 Å². The average molecular weight is 354 g/mol. The number of aryl methyl sites for hydroxylation is 1. The van der Waals surface area contributed by atoms with E-state index in [4.69, 9.17) is 10.5 Å². The summed E-state index contributed by atoms with van der Waals surface area (Å²) in [6.07, 6.45) is 1.18. The second-order valence-corrected chi connectivity index (χ2v) is 5.80. The van der Waals surface area contributed by atoms with E-state index in [1.165, 1.54) is 5.56 Å².